The van der Waals surface area contributed by atoms with Crippen molar-refractivity contribution in [3.8, 4) is 17.1 Å². The van der Waals surface area contributed by atoms with E-state index in [-0.39, 0.29) is 24.1 Å². The first-order valence-corrected chi connectivity index (χ1v) is 5.50. The van der Waals surface area contributed by atoms with Crippen LogP contribution in [0.5, 0.6) is 5.75 Å². The Kier molecular flexibility index (Phi) is 3.74. The molecule has 1 aromatic heterocycles. The lowest BCUT2D eigenvalue weighted by atomic mass is 10.2. The minimum absolute atomic E-state index is 0.125. The number of methoxy groups -OCH3 is 1. The lowest BCUT2D eigenvalue weighted by Crippen LogP contribution is -2.04. The van der Waals surface area contributed by atoms with Gasteiger partial charge in [-0.25, -0.2) is 9.18 Å². The molecule has 2 rings (SSSR count). The van der Waals surface area contributed by atoms with Gasteiger partial charge in [0.25, 0.3) is 0 Å². The van der Waals surface area contributed by atoms with Gasteiger partial charge in [-0.2, -0.15) is 4.98 Å². The molecule has 0 aliphatic carbocycles. The fourth-order valence-corrected chi connectivity index (χ4v) is 1.46. The van der Waals surface area contributed by atoms with Crippen LogP contribution < -0.4 is 4.74 Å². The molecule has 7 heteroatoms. The summed E-state index contributed by atoms with van der Waals surface area (Å²) in [6.45, 7) is 1.87. The number of benzene rings is 1. The van der Waals surface area contributed by atoms with E-state index in [2.05, 4.69) is 10.1 Å². The summed E-state index contributed by atoms with van der Waals surface area (Å²) in [4.78, 5) is 15.3. The number of esters is 1. The lowest BCUT2D eigenvalue weighted by Gasteiger charge is -2.04. The molecular formula is C12H11FN2O4. The average Bonchev–Trinajstić information content (AvgIpc) is 2.88. The van der Waals surface area contributed by atoms with Gasteiger partial charge in [-0.05, 0) is 19.1 Å². The van der Waals surface area contributed by atoms with Crippen LogP contribution in [0.1, 0.15) is 17.6 Å². The van der Waals surface area contributed by atoms with E-state index in [1.165, 1.54) is 25.3 Å². The maximum absolute atomic E-state index is 13.1. The van der Waals surface area contributed by atoms with Crippen molar-refractivity contribution in [1.29, 1.82) is 0 Å². The molecule has 0 amide bonds. The summed E-state index contributed by atoms with van der Waals surface area (Å²) >= 11 is 0. The maximum atomic E-state index is 13.1. The van der Waals surface area contributed by atoms with Crippen molar-refractivity contribution in [2.45, 2.75) is 6.92 Å². The second-order valence-electron chi connectivity index (χ2n) is 3.49. The van der Waals surface area contributed by atoms with Crippen molar-refractivity contribution in [3.05, 3.63) is 29.9 Å². The van der Waals surface area contributed by atoms with Crippen molar-refractivity contribution in [2.75, 3.05) is 13.7 Å². The molecule has 0 aliphatic heterocycles. The van der Waals surface area contributed by atoms with Crippen molar-refractivity contribution in [3.63, 3.8) is 0 Å². The standard InChI is InChI=1S/C12H11FN2O4/c1-3-18-12(16)11-14-10(15-19-11)8-5-4-7(13)6-9(8)17-2/h4-6H,3H2,1-2H3. The molecule has 19 heavy (non-hydrogen) atoms. The molecule has 0 radical (unpaired) electrons. The molecule has 1 aromatic carbocycles. The first-order chi connectivity index (χ1) is 9.15. The molecule has 2 aromatic rings. The monoisotopic (exact) mass is 266 g/mol. The molecule has 1 heterocycles. The van der Waals surface area contributed by atoms with Gasteiger partial charge in [0.05, 0.1) is 19.3 Å². The molecule has 0 atom stereocenters. The number of halogens is 1. The van der Waals surface area contributed by atoms with E-state index in [0.29, 0.717) is 5.56 Å². The van der Waals surface area contributed by atoms with Gasteiger partial charge in [0.15, 0.2) is 0 Å². The first-order valence-electron chi connectivity index (χ1n) is 5.50. The predicted octanol–water partition coefficient (Wildman–Crippen LogP) is 2.06. The minimum Gasteiger partial charge on any atom is -0.496 e. The third kappa shape index (κ3) is 2.70. The SMILES string of the molecule is CCOC(=O)c1nc(-c2ccc(F)cc2OC)no1. The highest BCUT2D eigenvalue weighted by atomic mass is 19.1. The number of nitrogens with zero attached hydrogens (tertiary/aromatic N) is 2. The fraction of sp³-hybridized carbons (Fsp3) is 0.250. The van der Waals surface area contributed by atoms with Gasteiger partial charge in [-0.1, -0.05) is 5.16 Å². The third-order valence-electron chi connectivity index (χ3n) is 2.28. The Labute approximate surface area is 108 Å². The number of aromatic nitrogens is 2. The van der Waals surface area contributed by atoms with E-state index in [0.717, 1.165) is 0 Å². The number of ether oxygens (including phenoxy) is 2. The summed E-state index contributed by atoms with van der Waals surface area (Å²) in [5, 5.41) is 3.64. The van der Waals surface area contributed by atoms with Crippen LogP contribution in [-0.4, -0.2) is 29.8 Å². The summed E-state index contributed by atoms with van der Waals surface area (Å²) in [5.74, 6) is -1.05. The Morgan fingerprint density at radius 2 is 2.26 bits per heavy atom. The molecule has 0 N–H and O–H groups in total. The van der Waals surface area contributed by atoms with Gasteiger partial charge >= 0.3 is 11.9 Å². The highest BCUT2D eigenvalue weighted by Gasteiger charge is 2.19. The highest BCUT2D eigenvalue weighted by molar-refractivity contribution is 5.84. The third-order valence-corrected chi connectivity index (χ3v) is 2.28. The van der Waals surface area contributed by atoms with Gasteiger partial charge in [0.1, 0.15) is 11.6 Å². The quantitative estimate of drug-likeness (QED) is 0.788. The number of carbonyl (C=O) groups is 1. The largest absolute Gasteiger partial charge is 0.496 e. The molecule has 0 unspecified atom stereocenters. The normalized spacial score (nSPS) is 10.3. The molecule has 100 valence electrons. The van der Waals surface area contributed by atoms with E-state index >= 15 is 0 Å². The van der Waals surface area contributed by atoms with Crippen LogP contribution in [0.2, 0.25) is 0 Å². The van der Waals surface area contributed by atoms with Crippen molar-refractivity contribution < 1.29 is 23.2 Å². The maximum Gasteiger partial charge on any atom is 0.397 e. The van der Waals surface area contributed by atoms with E-state index in [9.17, 15) is 9.18 Å². The van der Waals surface area contributed by atoms with Crippen LogP contribution in [0.4, 0.5) is 4.39 Å². The van der Waals surface area contributed by atoms with Crippen LogP contribution in [0.3, 0.4) is 0 Å². The molecule has 0 aliphatic rings. The van der Waals surface area contributed by atoms with Crippen molar-refractivity contribution in [2.24, 2.45) is 0 Å². The van der Waals surface area contributed by atoms with E-state index in [1.807, 2.05) is 0 Å². The van der Waals surface area contributed by atoms with Crippen molar-refractivity contribution in [1.82, 2.24) is 10.1 Å². The second-order valence-corrected chi connectivity index (χ2v) is 3.49. The van der Waals surface area contributed by atoms with Gasteiger partial charge < -0.3 is 14.0 Å². The topological polar surface area (TPSA) is 74.5 Å². The Bertz CT molecular complexity index is 597. The summed E-state index contributed by atoms with van der Waals surface area (Å²) in [7, 11) is 1.39. The van der Waals surface area contributed by atoms with E-state index in [1.54, 1.807) is 6.92 Å². The van der Waals surface area contributed by atoms with Crippen LogP contribution in [-0.2, 0) is 4.74 Å². The molecule has 0 bridgehead atoms. The number of rotatable bonds is 4. The summed E-state index contributed by atoms with van der Waals surface area (Å²) in [5.41, 5.74) is 0.420. The minimum atomic E-state index is -0.706. The predicted molar refractivity (Wildman–Crippen MR) is 62.2 cm³/mol. The Morgan fingerprint density at radius 1 is 1.47 bits per heavy atom. The van der Waals surface area contributed by atoms with E-state index < -0.39 is 11.8 Å². The molecule has 0 saturated heterocycles. The second kappa shape index (κ2) is 5.47. The Morgan fingerprint density at radius 3 is 2.95 bits per heavy atom. The Hall–Kier alpha value is -2.44. The zero-order chi connectivity index (χ0) is 13.8. The zero-order valence-electron chi connectivity index (χ0n) is 10.3. The number of carbonyl (C=O) groups excluding carboxylic acids is 1. The van der Waals surface area contributed by atoms with Crippen LogP contribution in [0.25, 0.3) is 11.4 Å². The van der Waals surface area contributed by atoms with Gasteiger partial charge in [0.2, 0.25) is 5.82 Å². The lowest BCUT2D eigenvalue weighted by molar-refractivity contribution is 0.0470. The van der Waals surface area contributed by atoms with E-state index in [4.69, 9.17) is 14.0 Å². The fourth-order valence-electron chi connectivity index (χ4n) is 1.46. The van der Waals surface area contributed by atoms with Crippen LogP contribution in [0.15, 0.2) is 22.7 Å². The Balaban J connectivity index is 2.35. The summed E-state index contributed by atoms with van der Waals surface area (Å²) in [6, 6.07) is 3.86. The molecule has 0 saturated carbocycles. The zero-order valence-corrected chi connectivity index (χ0v) is 10.3. The number of hydrogen-bond donors (Lipinski definition) is 0. The van der Waals surface area contributed by atoms with Crippen LogP contribution >= 0.6 is 0 Å². The highest BCUT2D eigenvalue weighted by Crippen LogP contribution is 2.28. The van der Waals surface area contributed by atoms with Crippen LogP contribution in [0, 0.1) is 5.82 Å². The summed E-state index contributed by atoms with van der Waals surface area (Å²) in [6.07, 6.45) is 0. The molecule has 6 nitrogen and oxygen atoms in total. The molecule has 0 spiro atoms. The van der Waals surface area contributed by atoms with Crippen molar-refractivity contribution >= 4 is 5.97 Å². The van der Waals surface area contributed by atoms with Gasteiger partial charge in [0, 0.05) is 6.07 Å². The molecule has 0 fully saturated rings. The van der Waals surface area contributed by atoms with Gasteiger partial charge in [-0.15, -0.1) is 0 Å². The summed E-state index contributed by atoms with van der Waals surface area (Å²) < 4.78 is 27.6. The number of hydrogen-bond acceptors (Lipinski definition) is 6. The average molecular weight is 266 g/mol. The first kappa shape index (κ1) is 13.0. The molecular weight excluding hydrogens is 255 g/mol. The smallest absolute Gasteiger partial charge is 0.397 e. The van der Waals surface area contributed by atoms with Gasteiger partial charge in [-0.3, -0.25) is 0 Å².